The predicted octanol–water partition coefficient (Wildman–Crippen LogP) is 3.33. The molecule has 84 valence electrons. The van der Waals surface area contributed by atoms with Crippen LogP contribution in [0.15, 0.2) is 24.3 Å². The van der Waals surface area contributed by atoms with Gasteiger partial charge in [0.2, 0.25) is 0 Å². The molecule has 0 unspecified atom stereocenters. The van der Waals surface area contributed by atoms with Crippen molar-refractivity contribution in [1.82, 2.24) is 0 Å². The van der Waals surface area contributed by atoms with Crippen molar-refractivity contribution in [3.05, 3.63) is 29.3 Å². The molecule has 0 radical (unpaired) electrons. The normalized spacial score (nSPS) is 8.88. The summed E-state index contributed by atoms with van der Waals surface area (Å²) in [4.78, 5) is 11.2. The van der Waals surface area contributed by atoms with E-state index in [1.807, 2.05) is 0 Å². The van der Waals surface area contributed by atoms with Crippen molar-refractivity contribution in [3.63, 3.8) is 0 Å². The Morgan fingerprint density at radius 2 is 2.31 bits per heavy atom. The number of nitrogens with one attached hydrogen (secondary N) is 1. The van der Waals surface area contributed by atoms with Crippen LogP contribution in [0.2, 0.25) is 5.02 Å². The molecule has 16 heavy (non-hydrogen) atoms. The number of hydrogen-bond donors (Lipinski definition) is 1. The molecule has 0 spiro atoms. The number of rotatable bonds is 2. The second-order valence-corrected chi connectivity index (χ2v) is 3.90. The van der Waals surface area contributed by atoms with Gasteiger partial charge in [-0.1, -0.05) is 52.1 Å². The van der Waals surface area contributed by atoms with Crippen molar-refractivity contribution >= 4 is 46.0 Å². The Bertz CT molecular complexity index is 425. The van der Waals surface area contributed by atoms with Crippen LogP contribution in [0, 0.1) is 11.8 Å². The second-order valence-electron chi connectivity index (χ2n) is 2.70. The van der Waals surface area contributed by atoms with Crippen molar-refractivity contribution in [3.8, 4) is 11.8 Å². The minimum Gasteiger partial charge on any atom is -0.436 e. The van der Waals surface area contributed by atoms with Crippen LogP contribution in [0.4, 0.5) is 10.5 Å². The summed E-state index contributed by atoms with van der Waals surface area (Å²) in [7, 11) is 0. The SMILES string of the molecule is O=C(Nc1cccc(Cl)c1)OCC#CCI. The zero-order chi connectivity index (χ0) is 11.8. The van der Waals surface area contributed by atoms with Crippen molar-refractivity contribution in [1.29, 1.82) is 0 Å². The van der Waals surface area contributed by atoms with Gasteiger partial charge < -0.3 is 4.74 Å². The van der Waals surface area contributed by atoms with Crippen molar-refractivity contribution in [2.45, 2.75) is 0 Å². The average Bonchev–Trinajstić information content (AvgIpc) is 2.24. The first-order chi connectivity index (χ1) is 7.72. The molecule has 0 aliphatic carbocycles. The molecule has 1 N–H and O–H groups in total. The van der Waals surface area contributed by atoms with Gasteiger partial charge in [0.05, 0.1) is 4.43 Å². The first kappa shape index (κ1) is 13.1. The number of ether oxygens (including phenoxy) is 1. The number of carbonyl (C=O) groups is 1. The molecule has 5 heteroatoms. The van der Waals surface area contributed by atoms with Gasteiger partial charge in [0, 0.05) is 10.7 Å². The zero-order valence-electron chi connectivity index (χ0n) is 8.30. The third-order valence-electron chi connectivity index (χ3n) is 1.54. The smallest absolute Gasteiger partial charge is 0.412 e. The van der Waals surface area contributed by atoms with Crippen molar-refractivity contribution in [2.75, 3.05) is 16.4 Å². The molecule has 0 saturated heterocycles. The molecule has 1 amide bonds. The van der Waals surface area contributed by atoms with Crippen LogP contribution in [0.1, 0.15) is 0 Å². The molecule has 0 bridgehead atoms. The molecule has 0 aliphatic heterocycles. The van der Waals surface area contributed by atoms with Gasteiger partial charge in [-0.15, -0.1) is 0 Å². The molecule has 1 aromatic rings. The molecule has 0 fully saturated rings. The quantitative estimate of drug-likeness (QED) is 0.505. The van der Waals surface area contributed by atoms with E-state index in [9.17, 15) is 4.79 Å². The summed E-state index contributed by atoms with van der Waals surface area (Å²) in [6.07, 6.45) is -0.537. The van der Waals surface area contributed by atoms with Crippen molar-refractivity contribution < 1.29 is 9.53 Å². The van der Waals surface area contributed by atoms with Crippen LogP contribution in [0.3, 0.4) is 0 Å². The zero-order valence-corrected chi connectivity index (χ0v) is 11.2. The molecule has 0 heterocycles. The summed E-state index contributed by atoms with van der Waals surface area (Å²) in [5.41, 5.74) is 0.597. The monoisotopic (exact) mass is 349 g/mol. The van der Waals surface area contributed by atoms with Gasteiger partial charge in [-0.2, -0.15) is 0 Å². The largest absolute Gasteiger partial charge is 0.436 e. The number of hydrogen-bond acceptors (Lipinski definition) is 2. The summed E-state index contributed by atoms with van der Waals surface area (Å²) in [6.45, 7) is 0.0927. The van der Waals surface area contributed by atoms with E-state index in [0.29, 0.717) is 10.7 Å². The maximum Gasteiger partial charge on any atom is 0.412 e. The first-order valence-corrected chi connectivity index (χ1v) is 6.34. The molecule has 0 atom stereocenters. The van der Waals surface area contributed by atoms with E-state index in [1.54, 1.807) is 24.3 Å². The second kappa shape index (κ2) is 7.36. The third kappa shape index (κ3) is 5.24. The van der Waals surface area contributed by atoms with Gasteiger partial charge in [0.15, 0.2) is 6.61 Å². The molecular weight excluding hydrogens is 340 g/mol. The number of benzene rings is 1. The summed E-state index contributed by atoms with van der Waals surface area (Å²) in [6, 6.07) is 6.83. The van der Waals surface area contributed by atoms with Crippen LogP contribution in [-0.2, 0) is 4.74 Å². The Hall–Kier alpha value is -0.930. The lowest BCUT2D eigenvalue weighted by Gasteiger charge is -2.04. The predicted molar refractivity (Wildman–Crippen MR) is 73.1 cm³/mol. The average molecular weight is 350 g/mol. The van der Waals surface area contributed by atoms with Crippen molar-refractivity contribution in [2.24, 2.45) is 0 Å². The third-order valence-corrected chi connectivity index (χ3v) is 2.15. The fourth-order valence-corrected chi connectivity index (χ4v) is 1.38. The van der Waals surface area contributed by atoms with E-state index < -0.39 is 6.09 Å². The highest BCUT2D eigenvalue weighted by Crippen LogP contribution is 2.14. The molecule has 0 aromatic heterocycles. The van der Waals surface area contributed by atoms with Crippen LogP contribution in [-0.4, -0.2) is 17.1 Å². The van der Waals surface area contributed by atoms with E-state index in [1.165, 1.54) is 0 Å². The minimum absolute atomic E-state index is 0.0927. The number of anilines is 1. The fraction of sp³-hybridized carbons (Fsp3) is 0.182. The molecule has 1 aromatic carbocycles. The molecule has 3 nitrogen and oxygen atoms in total. The highest BCUT2D eigenvalue weighted by molar-refractivity contribution is 14.1. The van der Waals surface area contributed by atoms with Gasteiger partial charge in [-0.05, 0) is 18.2 Å². The lowest BCUT2D eigenvalue weighted by atomic mass is 10.3. The number of amides is 1. The minimum atomic E-state index is -0.537. The van der Waals surface area contributed by atoms with E-state index in [0.717, 1.165) is 4.43 Å². The van der Waals surface area contributed by atoms with Gasteiger partial charge in [0.25, 0.3) is 0 Å². The lowest BCUT2D eigenvalue weighted by molar-refractivity contribution is 0.176. The van der Waals surface area contributed by atoms with Crippen LogP contribution in [0.25, 0.3) is 0 Å². The summed E-state index contributed by atoms with van der Waals surface area (Å²) in [5.74, 6) is 5.48. The highest BCUT2D eigenvalue weighted by atomic mass is 127. The maximum atomic E-state index is 11.2. The van der Waals surface area contributed by atoms with E-state index in [4.69, 9.17) is 16.3 Å². The van der Waals surface area contributed by atoms with Gasteiger partial charge >= 0.3 is 6.09 Å². The number of carbonyl (C=O) groups excluding carboxylic acids is 1. The Balaban J connectivity index is 2.40. The van der Waals surface area contributed by atoms with E-state index in [2.05, 4.69) is 39.7 Å². The maximum absolute atomic E-state index is 11.2. The Morgan fingerprint density at radius 3 is 3.00 bits per heavy atom. The van der Waals surface area contributed by atoms with Crippen LogP contribution < -0.4 is 5.32 Å². The van der Waals surface area contributed by atoms with Gasteiger partial charge in [0.1, 0.15) is 0 Å². The Kier molecular flexibility index (Phi) is 6.04. The Labute approximate surface area is 113 Å². The summed E-state index contributed by atoms with van der Waals surface area (Å²) < 4.78 is 5.54. The summed E-state index contributed by atoms with van der Waals surface area (Å²) >= 11 is 7.88. The van der Waals surface area contributed by atoms with E-state index >= 15 is 0 Å². The topological polar surface area (TPSA) is 38.3 Å². The van der Waals surface area contributed by atoms with E-state index in [-0.39, 0.29) is 6.61 Å². The molecule has 1 rings (SSSR count). The van der Waals surface area contributed by atoms with Gasteiger partial charge in [-0.3, -0.25) is 5.32 Å². The molecular formula is C11H9ClINO2. The highest BCUT2D eigenvalue weighted by Gasteiger charge is 2.01. The number of alkyl halides is 1. The standard InChI is InChI=1S/C11H9ClINO2/c12-9-4-3-5-10(8-9)14-11(15)16-7-2-1-6-13/h3-5,8H,6-7H2,(H,14,15). The van der Waals surface area contributed by atoms with Crippen LogP contribution >= 0.6 is 34.2 Å². The van der Waals surface area contributed by atoms with Gasteiger partial charge in [-0.25, -0.2) is 4.79 Å². The lowest BCUT2D eigenvalue weighted by Crippen LogP contribution is -2.13. The Morgan fingerprint density at radius 1 is 1.50 bits per heavy atom. The molecule has 0 aliphatic rings. The number of halogens is 2. The summed E-state index contributed by atoms with van der Waals surface area (Å²) in [5, 5.41) is 3.10. The fourth-order valence-electron chi connectivity index (χ4n) is 0.920. The van der Waals surface area contributed by atoms with Crippen LogP contribution in [0.5, 0.6) is 0 Å². The first-order valence-electron chi connectivity index (χ1n) is 4.43. The molecule has 0 saturated carbocycles.